The molecular weight excluding hydrogens is 208 g/mol. The van der Waals surface area contributed by atoms with Crippen LogP contribution in [-0.4, -0.2) is 23.4 Å². The molecule has 1 aliphatic heterocycles. The Morgan fingerprint density at radius 3 is 3.00 bits per heavy atom. The second kappa shape index (κ2) is 5.49. The molecule has 1 fully saturated rings. The molecule has 0 unspecified atom stereocenters. The third-order valence-electron chi connectivity index (χ3n) is 2.49. The lowest BCUT2D eigenvalue weighted by molar-refractivity contribution is 0.1000. The van der Waals surface area contributed by atoms with Crippen LogP contribution in [0.5, 0.6) is 0 Å². The van der Waals surface area contributed by atoms with Gasteiger partial charge in [0.15, 0.2) is 0 Å². The van der Waals surface area contributed by atoms with Crippen molar-refractivity contribution >= 4 is 11.8 Å². The molecule has 0 atom stereocenters. The van der Waals surface area contributed by atoms with Gasteiger partial charge >= 0.3 is 0 Å². The highest BCUT2D eigenvalue weighted by Crippen LogP contribution is 2.28. The predicted molar refractivity (Wildman–Crippen MR) is 61.8 cm³/mol. The average molecular weight is 224 g/mol. The van der Waals surface area contributed by atoms with E-state index >= 15 is 0 Å². The maximum absolute atomic E-state index is 5.59. The molecule has 2 rings (SSSR count). The van der Waals surface area contributed by atoms with Gasteiger partial charge in [-0.1, -0.05) is 0 Å². The lowest BCUT2D eigenvalue weighted by Gasteiger charge is -2.20. The first-order valence-electron chi connectivity index (χ1n) is 5.28. The summed E-state index contributed by atoms with van der Waals surface area (Å²) in [4.78, 5) is 4.35. The summed E-state index contributed by atoms with van der Waals surface area (Å²) in [5.41, 5.74) is 6.75. The summed E-state index contributed by atoms with van der Waals surface area (Å²) >= 11 is 1.85. The van der Waals surface area contributed by atoms with E-state index in [1.165, 1.54) is 0 Å². The zero-order chi connectivity index (χ0) is 10.5. The van der Waals surface area contributed by atoms with Crippen molar-refractivity contribution < 1.29 is 4.74 Å². The van der Waals surface area contributed by atoms with E-state index in [2.05, 4.69) is 11.1 Å². The molecular formula is C11H16N2OS. The third-order valence-corrected chi connectivity index (χ3v) is 3.76. The van der Waals surface area contributed by atoms with Crippen LogP contribution in [0.4, 0.5) is 0 Å². The van der Waals surface area contributed by atoms with Crippen LogP contribution in [0.25, 0.3) is 0 Å². The van der Waals surface area contributed by atoms with Crippen LogP contribution in [-0.2, 0) is 11.3 Å². The molecule has 0 radical (unpaired) electrons. The Kier molecular flexibility index (Phi) is 4.00. The molecule has 0 aliphatic carbocycles. The fourth-order valence-electron chi connectivity index (χ4n) is 1.61. The van der Waals surface area contributed by atoms with Gasteiger partial charge in [-0.2, -0.15) is 0 Å². The number of thioether (sulfide) groups is 1. The van der Waals surface area contributed by atoms with Crippen LogP contribution >= 0.6 is 11.8 Å². The van der Waals surface area contributed by atoms with Crippen molar-refractivity contribution in [3.63, 3.8) is 0 Å². The Bertz CT molecular complexity index is 313. The SMILES string of the molecule is NCc1ccnc(SC2CCOCC2)c1. The summed E-state index contributed by atoms with van der Waals surface area (Å²) in [6, 6.07) is 4.05. The Balaban J connectivity index is 1.96. The molecule has 0 amide bonds. The van der Waals surface area contributed by atoms with E-state index in [0.29, 0.717) is 11.8 Å². The molecule has 15 heavy (non-hydrogen) atoms. The number of nitrogens with two attached hydrogens (primary N) is 1. The van der Waals surface area contributed by atoms with E-state index in [1.54, 1.807) is 0 Å². The largest absolute Gasteiger partial charge is 0.381 e. The van der Waals surface area contributed by atoms with Crippen LogP contribution in [0.1, 0.15) is 18.4 Å². The predicted octanol–water partition coefficient (Wildman–Crippen LogP) is 1.81. The molecule has 0 aromatic carbocycles. The lowest BCUT2D eigenvalue weighted by atomic mass is 10.2. The van der Waals surface area contributed by atoms with E-state index in [9.17, 15) is 0 Å². The van der Waals surface area contributed by atoms with Gasteiger partial charge in [0.05, 0.1) is 5.03 Å². The molecule has 1 saturated heterocycles. The molecule has 1 aliphatic rings. The number of nitrogens with zero attached hydrogens (tertiary/aromatic N) is 1. The van der Waals surface area contributed by atoms with Gasteiger partial charge in [-0.3, -0.25) is 0 Å². The normalized spacial score (nSPS) is 17.9. The highest BCUT2D eigenvalue weighted by molar-refractivity contribution is 7.99. The molecule has 3 nitrogen and oxygen atoms in total. The maximum Gasteiger partial charge on any atom is 0.0965 e. The Morgan fingerprint density at radius 1 is 1.47 bits per heavy atom. The van der Waals surface area contributed by atoms with Crippen molar-refractivity contribution in [1.82, 2.24) is 4.98 Å². The molecule has 0 spiro atoms. The standard InChI is InChI=1S/C11H16N2OS/c12-8-9-1-4-13-11(7-9)15-10-2-5-14-6-3-10/h1,4,7,10H,2-3,5-6,8,12H2. The van der Waals surface area contributed by atoms with Gasteiger partial charge < -0.3 is 10.5 Å². The smallest absolute Gasteiger partial charge is 0.0965 e. The summed E-state index contributed by atoms with van der Waals surface area (Å²) in [7, 11) is 0. The van der Waals surface area contributed by atoms with E-state index in [0.717, 1.165) is 36.6 Å². The summed E-state index contributed by atoms with van der Waals surface area (Å²) in [5, 5.41) is 1.74. The first-order chi connectivity index (χ1) is 7.38. The molecule has 0 saturated carbocycles. The van der Waals surface area contributed by atoms with Crippen molar-refractivity contribution in [2.45, 2.75) is 29.7 Å². The number of hydrogen-bond donors (Lipinski definition) is 1. The van der Waals surface area contributed by atoms with Gasteiger partial charge in [0.1, 0.15) is 0 Å². The molecule has 2 heterocycles. The van der Waals surface area contributed by atoms with Gasteiger partial charge in [-0.15, -0.1) is 11.8 Å². The maximum atomic E-state index is 5.59. The first kappa shape index (κ1) is 10.9. The zero-order valence-electron chi connectivity index (χ0n) is 8.69. The molecule has 2 N–H and O–H groups in total. The van der Waals surface area contributed by atoms with E-state index < -0.39 is 0 Å². The summed E-state index contributed by atoms with van der Waals surface area (Å²) in [6.07, 6.45) is 4.09. The minimum atomic E-state index is 0.587. The minimum absolute atomic E-state index is 0.587. The number of aromatic nitrogens is 1. The van der Waals surface area contributed by atoms with E-state index in [4.69, 9.17) is 10.5 Å². The quantitative estimate of drug-likeness (QED) is 0.850. The monoisotopic (exact) mass is 224 g/mol. The third kappa shape index (κ3) is 3.19. The van der Waals surface area contributed by atoms with Crippen molar-refractivity contribution in [3.05, 3.63) is 23.9 Å². The topological polar surface area (TPSA) is 48.1 Å². The van der Waals surface area contributed by atoms with Gasteiger partial charge in [0.25, 0.3) is 0 Å². The van der Waals surface area contributed by atoms with Crippen LogP contribution in [0, 0.1) is 0 Å². The van der Waals surface area contributed by atoms with Gasteiger partial charge in [-0.05, 0) is 30.5 Å². The van der Waals surface area contributed by atoms with Gasteiger partial charge in [0.2, 0.25) is 0 Å². The second-order valence-corrected chi connectivity index (χ2v) is 4.96. The Hall–Kier alpha value is -0.580. The zero-order valence-corrected chi connectivity index (χ0v) is 9.50. The van der Waals surface area contributed by atoms with Crippen LogP contribution in [0.3, 0.4) is 0 Å². The molecule has 1 aromatic heterocycles. The van der Waals surface area contributed by atoms with Crippen molar-refractivity contribution in [2.75, 3.05) is 13.2 Å². The number of rotatable bonds is 3. The fraction of sp³-hybridized carbons (Fsp3) is 0.545. The van der Waals surface area contributed by atoms with Gasteiger partial charge in [0, 0.05) is 31.2 Å². The van der Waals surface area contributed by atoms with Crippen LogP contribution in [0.2, 0.25) is 0 Å². The van der Waals surface area contributed by atoms with E-state index in [1.807, 2.05) is 24.0 Å². The van der Waals surface area contributed by atoms with Gasteiger partial charge in [-0.25, -0.2) is 4.98 Å². The highest BCUT2D eigenvalue weighted by Gasteiger charge is 2.15. The summed E-state index contributed by atoms with van der Waals surface area (Å²) in [6.45, 7) is 2.35. The number of hydrogen-bond acceptors (Lipinski definition) is 4. The minimum Gasteiger partial charge on any atom is -0.381 e. The average Bonchev–Trinajstić information content (AvgIpc) is 2.31. The Labute approximate surface area is 94.4 Å². The van der Waals surface area contributed by atoms with Crippen LogP contribution in [0.15, 0.2) is 23.4 Å². The number of ether oxygens (including phenoxy) is 1. The first-order valence-corrected chi connectivity index (χ1v) is 6.16. The Morgan fingerprint density at radius 2 is 2.27 bits per heavy atom. The molecule has 4 heteroatoms. The van der Waals surface area contributed by atoms with E-state index in [-0.39, 0.29) is 0 Å². The van der Waals surface area contributed by atoms with Crippen LogP contribution < -0.4 is 5.73 Å². The number of pyridine rings is 1. The highest BCUT2D eigenvalue weighted by atomic mass is 32.2. The molecule has 0 bridgehead atoms. The molecule has 1 aromatic rings. The summed E-state index contributed by atoms with van der Waals surface area (Å²) < 4.78 is 5.33. The van der Waals surface area contributed by atoms with Crippen molar-refractivity contribution in [2.24, 2.45) is 5.73 Å². The lowest BCUT2D eigenvalue weighted by Crippen LogP contribution is -2.17. The molecule has 82 valence electrons. The van der Waals surface area contributed by atoms with Crippen molar-refractivity contribution in [1.29, 1.82) is 0 Å². The fourth-order valence-corrected chi connectivity index (χ4v) is 2.72. The second-order valence-electron chi connectivity index (χ2n) is 3.64. The van der Waals surface area contributed by atoms with Crippen molar-refractivity contribution in [3.8, 4) is 0 Å². The summed E-state index contributed by atoms with van der Waals surface area (Å²) in [5.74, 6) is 0.